The van der Waals surface area contributed by atoms with Crippen molar-refractivity contribution in [2.75, 3.05) is 6.61 Å². The summed E-state index contributed by atoms with van der Waals surface area (Å²) in [5.74, 6) is -0.421. The van der Waals surface area contributed by atoms with E-state index in [4.69, 9.17) is 32.7 Å². The van der Waals surface area contributed by atoms with Gasteiger partial charge in [0.05, 0.1) is 16.8 Å². The standard InChI is InChI=1S/C22H14Br2Cl2N2O4/c23-15-3-1-13(2-4-15)22(30)32-19-7-5-16(24)9-14(19)11-27-28-21(29)12-31-20-8-6-17(25)10-18(20)26/h1-11H,12H2,(H,28,29)/b27-11+. The number of nitrogens with one attached hydrogen (secondary N) is 1. The smallest absolute Gasteiger partial charge is 0.343 e. The van der Waals surface area contributed by atoms with Gasteiger partial charge in [-0.25, -0.2) is 10.2 Å². The number of carbonyl (C=O) groups excluding carboxylic acids is 2. The number of amides is 1. The van der Waals surface area contributed by atoms with E-state index in [0.717, 1.165) is 8.95 Å². The largest absolute Gasteiger partial charge is 0.482 e. The molecule has 1 N–H and O–H groups in total. The number of rotatable bonds is 7. The summed E-state index contributed by atoms with van der Waals surface area (Å²) >= 11 is 18.5. The molecule has 0 aromatic heterocycles. The van der Waals surface area contributed by atoms with Crippen LogP contribution in [0.1, 0.15) is 15.9 Å². The van der Waals surface area contributed by atoms with Gasteiger partial charge >= 0.3 is 5.97 Å². The molecule has 3 rings (SSSR count). The summed E-state index contributed by atoms with van der Waals surface area (Å²) in [4.78, 5) is 24.4. The van der Waals surface area contributed by atoms with Crippen molar-refractivity contribution >= 4 is 73.2 Å². The molecule has 0 atom stereocenters. The van der Waals surface area contributed by atoms with Crippen LogP contribution in [0.15, 0.2) is 74.7 Å². The summed E-state index contributed by atoms with van der Waals surface area (Å²) in [6.07, 6.45) is 1.36. The molecule has 0 aliphatic rings. The molecule has 32 heavy (non-hydrogen) atoms. The van der Waals surface area contributed by atoms with Gasteiger partial charge in [-0.05, 0) is 60.7 Å². The first kappa shape index (κ1) is 24.3. The first-order valence-corrected chi connectivity index (χ1v) is 11.3. The molecule has 3 aromatic carbocycles. The molecule has 10 heteroatoms. The Morgan fingerprint density at radius 2 is 1.62 bits per heavy atom. The minimum atomic E-state index is -0.522. The van der Waals surface area contributed by atoms with Crippen molar-refractivity contribution in [1.29, 1.82) is 0 Å². The molecule has 0 saturated heterocycles. The Balaban J connectivity index is 1.62. The number of hydrogen-bond donors (Lipinski definition) is 1. The molecule has 0 aliphatic carbocycles. The van der Waals surface area contributed by atoms with E-state index in [1.54, 1.807) is 54.6 Å². The monoisotopic (exact) mass is 598 g/mol. The summed E-state index contributed by atoms with van der Waals surface area (Å²) in [5.41, 5.74) is 3.22. The molecular weight excluding hydrogens is 587 g/mol. The highest BCUT2D eigenvalue weighted by atomic mass is 79.9. The number of nitrogens with zero attached hydrogens (tertiary/aromatic N) is 1. The average molecular weight is 601 g/mol. The van der Waals surface area contributed by atoms with Crippen molar-refractivity contribution in [3.63, 3.8) is 0 Å². The van der Waals surface area contributed by atoms with Gasteiger partial charge in [0.1, 0.15) is 11.5 Å². The zero-order valence-electron chi connectivity index (χ0n) is 16.2. The van der Waals surface area contributed by atoms with Gasteiger partial charge in [0.2, 0.25) is 0 Å². The van der Waals surface area contributed by atoms with Crippen LogP contribution in [0.2, 0.25) is 10.0 Å². The second kappa shape index (κ2) is 11.5. The summed E-state index contributed by atoms with van der Waals surface area (Å²) in [6, 6.07) is 16.5. The van der Waals surface area contributed by atoms with Crippen LogP contribution < -0.4 is 14.9 Å². The highest BCUT2D eigenvalue weighted by Crippen LogP contribution is 2.27. The third-order valence-electron chi connectivity index (χ3n) is 3.90. The van der Waals surface area contributed by atoms with E-state index >= 15 is 0 Å². The summed E-state index contributed by atoms with van der Waals surface area (Å²) < 4.78 is 12.4. The number of ether oxygens (including phenoxy) is 2. The fraction of sp³-hybridized carbons (Fsp3) is 0.0455. The zero-order chi connectivity index (χ0) is 23.1. The maximum Gasteiger partial charge on any atom is 0.343 e. The SMILES string of the molecule is O=C(COc1ccc(Cl)cc1Cl)N/N=C/c1cc(Br)ccc1OC(=O)c1ccc(Br)cc1. The van der Waals surface area contributed by atoms with Gasteiger partial charge < -0.3 is 9.47 Å². The Bertz CT molecular complexity index is 1170. The number of benzene rings is 3. The lowest BCUT2D eigenvalue weighted by atomic mass is 10.2. The van der Waals surface area contributed by atoms with E-state index in [0.29, 0.717) is 26.9 Å². The van der Waals surface area contributed by atoms with E-state index in [-0.39, 0.29) is 12.4 Å². The molecule has 0 saturated carbocycles. The number of hydrogen-bond acceptors (Lipinski definition) is 5. The molecular formula is C22H14Br2Cl2N2O4. The second-order valence-corrected chi connectivity index (χ2v) is 8.91. The van der Waals surface area contributed by atoms with Gasteiger partial charge in [-0.1, -0.05) is 55.1 Å². The van der Waals surface area contributed by atoms with Crippen molar-refractivity contribution in [2.24, 2.45) is 5.10 Å². The predicted octanol–water partition coefficient (Wildman–Crippen LogP) is 6.27. The van der Waals surface area contributed by atoms with Crippen LogP contribution in [0.25, 0.3) is 0 Å². The third-order valence-corrected chi connectivity index (χ3v) is 5.45. The maximum atomic E-state index is 12.4. The molecule has 0 bridgehead atoms. The number of hydrazone groups is 1. The quantitative estimate of drug-likeness (QED) is 0.150. The summed E-state index contributed by atoms with van der Waals surface area (Å²) in [5, 5.41) is 4.66. The fourth-order valence-corrected chi connectivity index (χ4v) is 3.51. The van der Waals surface area contributed by atoms with Crippen molar-refractivity contribution in [3.8, 4) is 11.5 Å². The fourth-order valence-electron chi connectivity index (χ4n) is 2.40. The van der Waals surface area contributed by atoms with E-state index < -0.39 is 11.9 Å². The lowest BCUT2D eigenvalue weighted by Gasteiger charge is -2.09. The maximum absolute atomic E-state index is 12.4. The lowest BCUT2D eigenvalue weighted by Crippen LogP contribution is -2.24. The third kappa shape index (κ3) is 7.06. The van der Waals surface area contributed by atoms with E-state index in [1.165, 1.54) is 12.3 Å². The molecule has 3 aromatic rings. The Morgan fingerprint density at radius 1 is 0.938 bits per heavy atom. The van der Waals surface area contributed by atoms with Gasteiger partial charge in [0, 0.05) is 19.5 Å². The van der Waals surface area contributed by atoms with Crippen LogP contribution in [0, 0.1) is 0 Å². The first-order chi connectivity index (χ1) is 15.3. The normalized spacial score (nSPS) is 10.8. The molecule has 0 radical (unpaired) electrons. The van der Waals surface area contributed by atoms with Crippen molar-refractivity contribution < 1.29 is 19.1 Å². The summed E-state index contributed by atoms with van der Waals surface area (Å²) in [7, 11) is 0. The van der Waals surface area contributed by atoms with Crippen LogP contribution in [0.4, 0.5) is 0 Å². The Labute approximate surface area is 210 Å². The van der Waals surface area contributed by atoms with Gasteiger partial charge in [0.15, 0.2) is 6.61 Å². The predicted molar refractivity (Wildman–Crippen MR) is 131 cm³/mol. The van der Waals surface area contributed by atoms with Crippen LogP contribution in [-0.2, 0) is 4.79 Å². The van der Waals surface area contributed by atoms with E-state index in [2.05, 4.69) is 42.4 Å². The molecule has 0 heterocycles. The van der Waals surface area contributed by atoms with E-state index in [1.807, 2.05) is 0 Å². The minimum Gasteiger partial charge on any atom is -0.482 e. The van der Waals surface area contributed by atoms with Gasteiger partial charge in [-0.2, -0.15) is 5.10 Å². The van der Waals surface area contributed by atoms with Crippen LogP contribution in [-0.4, -0.2) is 24.7 Å². The first-order valence-electron chi connectivity index (χ1n) is 8.99. The van der Waals surface area contributed by atoms with Crippen molar-refractivity contribution in [2.45, 2.75) is 0 Å². The topological polar surface area (TPSA) is 77.0 Å². The Hall–Kier alpha value is -2.39. The Morgan fingerprint density at radius 3 is 2.34 bits per heavy atom. The molecule has 0 unspecified atom stereocenters. The van der Waals surface area contributed by atoms with Crippen LogP contribution >= 0.6 is 55.1 Å². The zero-order valence-corrected chi connectivity index (χ0v) is 20.8. The van der Waals surface area contributed by atoms with Gasteiger partial charge in [-0.3, -0.25) is 4.79 Å². The highest BCUT2D eigenvalue weighted by molar-refractivity contribution is 9.10. The second-order valence-electron chi connectivity index (χ2n) is 6.24. The molecule has 0 aliphatic heterocycles. The molecule has 1 amide bonds. The number of halogens is 4. The van der Waals surface area contributed by atoms with Crippen molar-refractivity contribution in [3.05, 3.63) is 90.8 Å². The van der Waals surface area contributed by atoms with Gasteiger partial charge in [-0.15, -0.1) is 0 Å². The summed E-state index contributed by atoms with van der Waals surface area (Å²) in [6.45, 7) is -0.303. The van der Waals surface area contributed by atoms with Crippen LogP contribution in [0.5, 0.6) is 11.5 Å². The number of carbonyl (C=O) groups is 2. The Kier molecular flexibility index (Phi) is 8.69. The average Bonchev–Trinajstić information content (AvgIpc) is 2.75. The van der Waals surface area contributed by atoms with E-state index in [9.17, 15) is 9.59 Å². The van der Waals surface area contributed by atoms with Crippen molar-refractivity contribution in [1.82, 2.24) is 5.43 Å². The highest BCUT2D eigenvalue weighted by Gasteiger charge is 2.12. The molecule has 164 valence electrons. The van der Waals surface area contributed by atoms with Gasteiger partial charge in [0.25, 0.3) is 5.91 Å². The molecule has 6 nitrogen and oxygen atoms in total. The molecule has 0 fully saturated rings. The van der Waals surface area contributed by atoms with Crippen LogP contribution in [0.3, 0.4) is 0 Å². The minimum absolute atomic E-state index is 0.281. The molecule has 0 spiro atoms. The number of esters is 1. The lowest BCUT2D eigenvalue weighted by molar-refractivity contribution is -0.123.